The molecule has 0 spiro atoms. The summed E-state index contributed by atoms with van der Waals surface area (Å²) in [5.74, 6) is -0.338. The second-order valence-electron chi connectivity index (χ2n) is 5.11. The Hall–Kier alpha value is -2.89. The molecule has 2 N–H and O–H groups in total. The predicted molar refractivity (Wildman–Crippen MR) is 85.6 cm³/mol. The summed E-state index contributed by atoms with van der Waals surface area (Å²) in [6, 6.07) is 11.3. The van der Waals surface area contributed by atoms with Gasteiger partial charge in [0.1, 0.15) is 5.82 Å². The highest BCUT2D eigenvalue weighted by Crippen LogP contribution is 2.21. The number of fused-ring (bicyclic) bond motifs is 1. The Morgan fingerprint density at radius 2 is 2.00 bits per heavy atom. The van der Waals surface area contributed by atoms with Gasteiger partial charge in [0.15, 0.2) is 0 Å². The number of imidazole rings is 1. The van der Waals surface area contributed by atoms with Crippen LogP contribution in [0.2, 0.25) is 0 Å². The van der Waals surface area contributed by atoms with Crippen molar-refractivity contribution in [3.63, 3.8) is 0 Å². The van der Waals surface area contributed by atoms with E-state index in [1.54, 1.807) is 41.8 Å². The number of aromatic nitrogens is 2. The van der Waals surface area contributed by atoms with E-state index in [-0.39, 0.29) is 11.8 Å². The van der Waals surface area contributed by atoms with Gasteiger partial charge in [-0.1, -0.05) is 12.1 Å². The van der Waals surface area contributed by atoms with Crippen molar-refractivity contribution in [2.75, 3.05) is 12.3 Å². The lowest BCUT2D eigenvalue weighted by Crippen LogP contribution is -2.06. The van der Waals surface area contributed by atoms with Gasteiger partial charge in [0.2, 0.25) is 5.95 Å². The van der Waals surface area contributed by atoms with Gasteiger partial charge in [0, 0.05) is 0 Å². The van der Waals surface area contributed by atoms with Crippen molar-refractivity contribution in [2.45, 2.75) is 13.5 Å². The van der Waals surface area contributed by atoms with Gasteiger partial charge >= 0.3 is 5.97 Å². The molecule has 5 nitrogen and oxygen atoms in total. The number of esters is 1. The highest BCUT2D eigenvalue weighted by atomic mass is 19.1. The number of nitrogens with two attached hydrogens (primary N) is 1. The lowest BCUT2D eigenvalue weighted by molar-refractivity contribution is 0.0526. The van der Waals surface area contributed by atoms with Crippen molar-refractivity contribution in [3.05, 3.63) is 59.4 Å². The van der Waals surface area contributed by atoms with Crippen LogP contribution in [0.3, 0.4) is 0 Å². The first kappa shape index (κ1) is 15.0. The molecule has 0 atom stereocenters. The van der Waals surface area contributed by atoms with Crippen LogP contribution in [0, 0.1) is 5.82 Å². The van der Waals surface area contributed by atoms with Gasteiger partial charge in [-0.05, 0) is 42.8 Å². The monoisotopic (exact) mass is 313 g/mol. The van der Waals surface area contributed by atoms with Gasteiger partial charge in [-0.15, -0.1) is 0 Å². The number of hydrogen-bond donors (Lipinski definition) is 1. The molecule has 0 bridgehead atoms. The van der Waals surface area contributed by atoms with Crippen molar-refractivity contribution < 1.29 is 13.9 Å². The van der Waals surface area contributed by atoms with Crippen LogP contribution in [-0.4, -0.2) is 22.1 Å². The summed E-state index contributed by atoms with van der Waals surface area (Å²) >= 11 is 0. The maximum absolute atomic E-state index is 13.0. The van der Waals surface area contributed by atoms with E-state index in [1.807, 2.05) is 0 Å². The first-order valence-electron chi connectivity index (χ1n) is 7.26. The average molecular weight is 313 g/mol. The summed E-state index contributed by atoms with van der Waals surface area (Å²) in [7, 11) is 0. The van der Waals surface area contributed by atoms with Gasteiger partial charge in [-0.2, -0.15) is 0 Å². The maximum atomic E-state index is 13.0. The zero-order chi connectivity index (χ0) is 16.4. The number of hydrogen-bond acceptors (Lipinski definition) is 4. The molecule has 1 heterocycles. The van der Waals surface area contributed by atoms with E-state index in [4.69, 9.17) is 10.5 Å². The van der Waals surface area contributed by atoms with Crippen LogP contribution in [0.5, 0.6) is 0 Å². The molecule has 6 heteroatoms. The van der Waals surface area contributed by atoms with Crippen molar-refractivity contribution in [2.24, 2.45) is 0 Å². The molecule has 3 aromatic rings. The van der Waals surface area contributed by atoms with E-state index in [0.29, 0.717) is 30.2 Å². The number of carbonyl (C=O) groups is 1. The third kappa shape index (κ3) is 3.01. The van der Waals surface area contributed by atoms with E-state index >= 15 is 0 Å². The summed E-state index contributed by atoms with van der Waals surface area (Å²) in [5.41, 5.74) is 8.74. The molecule has 0 saturated heterocycles. The Morgan fingerprint density at radius 1 is 1.26 bits per heavy atom. The normalized spacial score (nSPS) is 10.9. The molecule has 0 aliphatic carbocycles. The first-order valence-corrected chi connectivity index (χ1v) is 7.26. The maximum Gasteiger partial charge on any atom is 0.338 e. The fourth-order valence-electron chi connectivity index (χ4n) is 2.42. The summed E-state index contributed by atoms with van der Waals surface area (Å²) in [4.78, 5) is 16.2. The van der Waals surface area contributed by atoms with Crippen molar-refractivity contribution in [3.8, 4) is 0 Å². The third-order valence-electron chi connectivity index (χ3n) is 3.54. The number of benzene rings is 2. The molecular weight excluding hydrogens is 297 g/mol. The number of rotatable bonds is 4. The van der Waals surface area contributed by atoms with E-state index < -0.39 is 0 Å². The van der Waals surface area contributed by atoms with Crippen LogP contribution < -0.4 is 5.73 Å². The van der Waals surface area contributed by atoms with Crippen LogP contribution in [0.1, 0.15) is 22.8 Å². The van der Waals surface area contributed by atoms with E-state index in [1.165, 1.54) is 12.1 Å². The molecule has 0 fully saturated rings. The Bertz CT molecular complexity index is 856. The lowest BCUT2D eigenvalue weighted by atomic mass is 10.2. The highest BCUT2D eigenvalue weighted by molar-refractivity contribution is 5.94. The highest BCUT2D eigenvalue weighted by Gasteiger charge is 2.13. The Labute approximate surface area is 132 Å². The molecule has 1 aromatic heterocycles. The van der Waals surface area contributed by atoms with Gasteiger partial charge in [0.05, 0.1) is 29.7 Å². The molecule has 0 unspecified atom stereocenters. The molecule has 118 valence electrons. The van der Waals surface area contributed by atoms with Crippen LogP contribution in [-0.2, 0) is 11.3 Å². The summed E-state index contributed by atoms with van der Waals surface area (Å²) < 4.78 is 19.8. The molecule has 0 aliphatic heterocycles. The summed E-state index contributed by atoms with van der Waals surface area (Å²) in [6.07, 6.45) is 0. The Kier molecular flexibility index (Phi) is 3.97. The fourth-order valence-corrected chi connectivity index (χ4v) is 2.42. The average Bonchev–Trinajstić information content (AvgIpc) is 2.85. The molecule has 0 saturated carbocycles. The van der Waals surface area contributed by atoms with E-state index in [9.17, 15) is 9.18 Å². The van der Waals surface area contributed by atoms with Gasteiger partial charge in [0.25, 0.3) is 0 Å². The fraction of sp³-hybridized carbons (Fsp3) is 0.176. The molecule has 23 heavy (non-hydrogen) atoms. The first-order chi connectivity index (χ1) is 11.1. The lowest BCUT2D eigenvalue weighted by Gasteiger charge is -2.08. The van der Waals surface area contributed by atoms with Crippen LogP contribution in [0.4, 0.5) is 10.3 Å². The van der Waals surface area contributed by atoms with Gasteiger partial charge < -0.3 is 15.0 Å². The van der Waals surface area contributed by atoms with Crippen LogP contribution in [0.15, 0.2) is 42.5 Å². The molecule has 0 radical (unpaired) electrons. The van der Waals surface area contributed by atoms with Gasteiger partial charge in [-0.25, -0.2) is 14.2 Å². The number of carbonyl (C=O) groups excluding carboxylic acids is 1. The zero-order valence-electron chi connectivity index (χ0n) is 12.6. The summed E-state index contributed by atoms with van der Waals surface area (Å²) in [5, 5.41) is 0. The van der Waals surface area contributed by atoms with Crippen molar-refractivity contribution in [1.82, 2.24) is 9.55 Å². The molecule has 3 rings (SSSR count). The second-order valence-corrected chi connectivity index (χ2v) is 5.11. The predicted octanol–water partition coefficient (Wildman–Crippen LogP) is 2.98. The molecule has 2 aromatic carbocycles. The van der Waals surface area contributed by atoms with Gasteiger partial charge in [-0.3, -0.25) is 0 Å². The number of anilines is 1. The SMILES string of the molecule is CCOC(=O)c1ccc2nc(N)n(Cc3ccc(F)cc3)c2c1. The van der Waals surface area contributed by atoms with Crippen LogP contribution in [0.25, 0.3) is 11.0 Å². The molecule has 0 aliphatic rings. The molecule has 0 amide bonds. The molecular formula is C17H16FN3O2. The number of halogens is 1. The number of nitrogen functional groups attached to an aromatic ring is 1. The Balaban J connectivity index is 2.01. The summed E-state index contributed by atoms with van der Waals surface area (Å²) in [6.45, 7) is 2.51. The minimum atomic E-state index is -0.387. The van der Waals surface area contributed by atoms with E-state index in [2.05, 4.69) is 4.98 Å². The minimum absolute atomic E-state index is 0.290. The number of nitrogens with zero attached hydrogens (tertiary/aromatic N) is 2. The van der Waals surface area contributed by atoms with E-state index in [0.717, 1.165) is 11.1 Å². The van der Waals surface area contributed by atoms with Crippen LogP contribution >= 0.6 is 0 Å². The quantitative estimate of drug-likeness (QED) is 0.752. The topological polar surface area (TPSA) is 70.1 Å². The largest absolute Gasteiger partial charge is 0.462 e. The number of ether oxygens (including phenoxy) is 1. The smallest absolute Gasteiger partial charge is 0.338 e. The minimum Gasteiger partial charge on any atom is -0.462 e. The standard InChI is InChI=1S/C17H16FN3O2/c1-2-23-16(22)12-5-8-14-15(9-12)21(17(19)20-14)10-11-3-6-13(18)7-4-11/h3-9H,2,10H2,1H3,(H2,19,20). The van der Waals surface area contributed by atoms with Crippen molar-refractivity contribution >= 4 is 23.0 Å². The zero-order valence-corrected chi connectivity index (χ0v) is 12.6. The Morgan fingerprint density at radius 3 is 2.70 bits per heavy atom. The van der Waals surface area contributed by atoms with Crippen molar-refractivity contribution in [1.29, 1.82) is 0 Å². The second kappa shape index (κ2) is 6.08. The third-order valence-corrected chi connectivity index (χ3v) is 3.54.